The van der Waals surface area contributed by atoms with Crippen LogP contribution in [0.25, 0.3) is 0 Å². The molecule has 0 heterocycles. The van der Waals surface area contributed by atoms with Gasteiger partial charge in [0.15, 0.2) is 0 Å². The van der Waals surface area contributed by atoms with Gasteiger partial charge in [-0.2, -0.15) is 0 Å². The Morgan fingerprint density at radius 2 is 2.43 bits per heavy atom. The van der Waals surface area contributed by atoms with E-state index in [1.54, 1.807) is 12.8 Å². The van der Waals surface area contributed by atoms with Gasteiger partial charge < -0.3 is 0 Å². The van der Waals surface area contributed by atoms with E-state index in [1.807, 2.05) is 0 Å². The molecule has 0 aromatic rings. The second-order valence-electron chi connectivity index (χ2n) is 3.60. The summed E-state index contributed by atoms with van der Waals surface area (Å²) in [5, 5.41) is 0. The highest BCUT2D eigenvalue weighted by molar-refractivity contribution is 5.48. The van der Waals surface area contributed by atoms with Gasteiger partial charge in [-0.3, -0.25) is 0 Å². The Morgan fingerprint density at radius 1 is 1.71 bits per heavy atom. The van der Waals surface area contributed by atoms with Crippen LogP contribution in [-0.2, 0) is 0 Å². The molecule has 3 fully saturated rings. The Kier molecular flexibility index (Phi) is 0.206. The van der Waals surface area contributed by atoms with Crippen molar-refractivity contribution in [2.24, 2.45) is 16.7 Å². The Hall–Kier alpha value is 0. The van der Waals surface area contributed by atoms with Crippen molar-refractivity contribution in [2.45, 2.75) is 26.2 Å². The highest BCUT2D eigenvalue weighted by Gasteiger charge is 3.00. The Morgan fingerprint density at radius 3 is 2.43 bits per heavy atom. The van der Waals surface area contributed by atoms with E-state index in [-0.39, 0.29) is 0 Å². The first-order valence-electron chi connectivity index (χ1n) is 3.36. The zero-order valence-corrected chi connectivity index (χ0v) is 4.70. The van der Waals surface area contributed by atoms with Crippen LogP contribution in [0.15, 0.2) is 0 Å². The zero-order valence-electron chi connectivity index (χ0n) is 4.70. The maximum Gasteiger partial charge on any atom is -0.0195 e. The van der Waals surface area contributed by atoms with Crippen molar-refractivity contribution < 1.29 is 0 Å². The summed E-state index contributed by atoms with van der Waals surface area (Å²) in [6.07, 6.45) is 4.71. The zero-order chi connectivity index (χ0) is 4.70. The molecule has 38 valence electrons. The molecule has 7 heavy (non-hydrogen) atoms. The third-order valence-corrected chi connectivity index (χ3v) is 3.79. The predicted molar refractivity (Wildman–Crippen MR) is 27.9 cm³/mol. The molecule has 1 spiro atoms. The van der Waals surface area contributed by atoms with Gasteiger partial charge in [0.25, 0.3) is 0 Å². The highest BCUT2D eigenvalue weighted by Crippen LogP contribution is 3.07. The minimum atomic E-state index is 0.993. The van der Waals surface area contributed by atoms with E-state index in [2.05, 4.69) is 6.92 Å². The van der Waals surface area contributed by atoms with Crippen LogP contribution >= 0.6 is 0 Å². The highest BCUT2D eigenvalue weighted by atomic mass is 15.0. The first-order valence-corrected chi connectivity index (χ1v) is 3.36. The molecule has 0 nitrogen and oxygen atoms in total. The van der Waals surface area contributed by atoms with Gasteiger partial charge in [-0.1, -0.05) is 6.92 Å². The van der Waals surface area contributed by atoms with Crippen molar-refractivity contribution in [3.05, 3.63) is 0 Å². The molecule has 3 unspecified atom stereocenters. The third-order valence-electron chi connectivity index (χ3n) is 3.79. The molecule has 0 aromatic carbocycles. The normalized spacial score (nSPS) is 79.3. The van der Waals surface area contributed by atoms with Gasteiger partial charge in [0.2, 0.25) is 0 Å². The van der Waals surface area contributed by atoms with Crippen LogP contribution in [0, 0.1) is 16.7 Å². The lowest BCUT2D eigenvalue weighted by molar-refractivity contribution is 0.519. The van der Waals surface area contributed by atoms with E-state index in [4.69, 9.17) is 0 Å². The average molecular weight is 94.2 g/mol. The van der Waals surface area contributed by atoms with Crippen molar-refractivity contribution >= 4 is 0 Å². The minimum Gasteiger partial charge on any atom is -0.0648 e. The van der Waals surface area contributed by atoms with E-state index >= 15 is 0 Å². The molecule has 3 aliphatic carbocycles. The van der Waals surface area contributed by atoms with Crippen LogP contribution < -0.4 is 0 Å². The summed E-state index contributed by atoms with van der Waals surface area (Å²) in [5.41, 5.74) is 2.02. The number of fused-ring (bicyclic) bond motifs is 1. The Labute approximate surface area is 43.9 Å². The standard InChI is InChI=1S/C7H10/c1-2-6-4-7(6)3-5(6)7/h5H,2-4H2,1H3. The van der Waals surface area contributed by atoms with Crippen molar-refractivity contribution in [2.75, 3.05) is 0 Å². The quantitative estimate of drug-likeness (QED) is 0.465. The lowest BCUT2D eigenvalue weighted by Crippen LogP contribution is -1.89. The first-order chi connectivity index (χ1) is 3.36. The van der Waals surface area contributed by atoms with Crippen LogP contribution in [0.2, 0.25) is 0 Å². The smallest absolute Gasteiger partial charge is 0.0195 e. The van der Waals surface area contributed by atoms with Gasteiger partial charge in [-0.05, 0) is 36.0 Å². The molecule has 0 heteroatoms. The van der Waals surface area contributed by atoms with Crippen molar-refractivity contribution in [1.29, 1.82) is 0 Å². The number of rotatable bonds is 1. The summed E-state index contributed by atoms with van der Waals surface area (Å²) >= 11 is 0. The molecule has 3 rings (SSSR count). The largest absolute Gasteiger partial charge is 0.0648 e. The maximum absolute atomic E-state index is 2.35. The van der Waals surface area contributed by atoms with Gasteiger partial charge in [-0.15, -0.1) is 0 Å². The molecule has 0 bridgehead atoms. The molecular formula is C7H10. The molecular weight excluding hydrogens is 84.1 g/mol. The fourth-order valence-corrected chi connectivity index (χ4v) is 2.84. The second-order valence-corrected chi connectivity index (χ2v) is 3.60. The first kappa shape index (κ1) is 3.11. The molecule has 0 aromatic heterocycles. The van der Waals surface area contributed by atoms with E-state index in [1.165, 1.54) is 12.3 Å². The summed E-state index contributed by atoms with van der Waals surface area (Å²) < 4.78 is 0. The molecule has 0 aliphatic heterocycles. The van der Waals surface area contributed by atoms with Crippen molar-refractivity contribution in [3.63, 3.8) is 0 Å². The molecule has 3 saturated carbocycles. The topological polar surface area (TPSA) is 0 Å². The number of hydrogen-bond acceptors (Lipinski definition) is 0. The van der Waals surface area contributed by atoms with Gasteiger partial charge in [-0.25, -0.2) is 0 Å². The molecule has 0 radical (unpaired) electrons. The third kappa shape index (κ3) is 0.114. The van der Waals surface area contributed by atoms with E-state index in [0.717, 1.165) is 10.8 Å². The fourth-order valence-electron chi connectivity index (χ4n) is 2.84. The second kappa shape index (κ2) is 0.463. The van der Waals surface area contributed by atoms with E-state index < -0.39 is 0 Å². The predicted octanol–water partition coefficient (Wildman–Crippen LogP) is 1.81. The lowest BCUT2D eigenvalue weighted by Gasteiger charge is -1.98. The van der Waals surface area contributed by atoms with Crippen LogP contribution in [-0.4, -0.2) is 0 Å². The Bertz CT molecular complexity index is 146. The van der Waals surface area contributed by atoms with Crippen LogP contribution in [0.5, 0.6) is 0 Å². The Balaban J connectivity index is 2.03. The van der Waals surface area contributed by atoms with Crippen LogP contribution in [0.3, 0.4) is 0 Å². The molecule has 3 atom stereocenters. The summed E-state index contributed by atoms with van der Waals surface area (Å²) in [6.45, 7) is 2.35. The van der Waals surface area contributed by atoms with Crippen LogP contribution in [0.1, 0.15) is 26.2 Å². The van der Waals surface area contributed by atoms with E-state index in [9.17, 15) is 0 Å². The maximum atomic E-state index is 2.35. The molecule has 3 aliphatic rings. The summed E-state index contributed by atoms with van der Waals surface area (Å²) in [4.78, 5) is 0. The SMILES string of the molecule is CCC12CC13CC23. The van der Waals surface area contributed by atoms with Gasteiger partial charge in [0.05, 0.1) is 0 Å². The fraction of sp³-hybridized carbons (Fsp3) is 1.00. The lowest BCUT2D eigenvalue weighted by atomic mass is 10.1. The molecule has 0 amide bonds. The number of hydrogen-bond donors (Lipinski definition) is 0. The summed E-state index contributed by atoms with van der Waals surface area (Å²) in [7, 11) is 0. The minimum absolute atomic E-state index is 0.993. The van der Waals surface area contributed by atoms with Crippen molar-refractivity contribution in [3.8, 4) is 0 Å². The monoisotopic (exact) mass is 94.1 g/mol. The van der Waals surface area contributed by atoms with Gasteiger partial charge in [0.1, 0.15) is 0 Å². The molecule has 0 N–H and O–H groups in total. The van der Waals surface area contributed by atoms with Gasteiger partial charge >= 0.3 is 0 Å². The van der Waals surface area contributed by atoms with Crippen LogP contribution in [0.4, 0.5) is 0 Å². The summed E-state index contributed by atoms with van der Waals surface area (Å²) in [6, 6.07) is 0. The average Bonchev–Trinajstić information content (AvgIpc) is 2.47. The summed E-state index contributed by atoms with van der Waals surface area (Å²) in [5.74, 6) is 1.25. The van der Waals surface area contributed by atoms with E-state index in [0.29, 0.717) is 0 Å². The van der Waals surface area contributed by atoms with Crippen molar-refractivity contribution in [1.82, 2.24) is 0 Å². The van der Waals surface area contributed by atoms with Gasteiger partial charge in [0, 0.05) is 0 Å². The molecule has 0 saturated heterocycles.